The van der Waals surface area contributed by atoms with Crippen LogP contribution < -0.4 is 5.32 Å². The molecule has 5 nitrogen and oxygen atoms in total. The summed E-state index contributed by atoms with van der Waals surface area (Å²) in [5, 5.41) is 3.16. The van der Waals surface area contributed by atoms with Crippen LogP contribution in [0.3, 0.4) is 0 Å². The van der Waals surface area contributed by atoms with E-state index in [4.69, 9.17) is 4.74 Å². The monoisotopic (exact) mass is 251 g/mol. The number of carbonyl (C=O) groups excluding carboxylic acids is 1. The normalized spacial score (nSPS) is 10.2. The number of hydrogen-bond acceptors (Lipinski definition) is 4. The van der Waals surface area contributed by atoms with E-state index >= 15 is 0 Å². The number of anilines is 1. The van der Waals surface area contributed by atoms with Gasteiger partial charge in [0.2, 0.25) is 0 Å². The summed E-state index contributed by atoms with van der Waals surface area (Å²) in [6, 6.07) is 1.81. The Kier molecular flexibility index (Phi) is 6.14. The summed E-state index contributed by atoms with van der Waals surface area (Å²) in [5.74, 6) is -0.0428. The van der Waals surface area contributed by atoms with Crippen LogP contribution in [-0.4, -0.2) is 49.1 Å². The maximum atomic E-state index is 12.2. The molecule has 0 aliphatic carbocycles. The van der Waals surface area contributed by atoms with Gasteiger partial charge >= 0.3 is 0 Å². The number of aromatic nitrogens is 1. The first kappa shape index (κ1) is 14.4. The van der Waals surface area contributed by atoms with Crippen LogP contribution >= 0.6 is 0 Å². The van der Waals surface area contributed by atoms with Gasteiger partial charge in [0.15, 0.2) is 0 Å². The smallest absolute Gasteiger partial charge is 0.257 e. The summed E-state index contributed by atoms with van der Waals surface area (Å²) in [6.45, 7) is 6.49. The highest BCUT2D eigenvalue weighted by Gasteiger charge is 2.15. The third-order valence-electron chi connectivity index (χ3n) is 2.54. The first-order valence-electron chi connectivity index (χ1n) is 6.21. The lowest BCUT2D eigenvalue weighted by molar-refractivity contribution is 0.0710. The molecular formula is C13H21N3O2. The van der Waals surface area contributed by atoms with Crippen molar-refractivity contribution in [3.8, 4) is 0 Å². The minimum absolute atomic E-state index is 0.0428. The zero-order chi connectivity index (χ0) is 13.4. The summed E-state index contributed by atoms with van der Waals surface area (Å²) >= 11 is 0. The summed E-state index contributed by atoms with van der Waals surface area (Å²) in [5.41, 5.74) is 1.42. The molecule has 0 aromatic carbocycles. The lowest BCUT2D eigenvalue weighted by Crippen LogP contribution is -2.30. The molecule has 0 fully saturated rings. The molecule has 0 bridgehead atoms. The molecule has 0 radical (unpaired) electrons. The zero-order valence-electron chi connectivity index (χ0n) is 11.3. The quantitative estimate of drug-likeness (QED) is 0.748. The molecule has 5 heteroatoms. The van der Waals surface area contributed by atoms with Gasteiger partial charge in [-0.15, -0.1) is 0 Å². The Labute approximate surface area is 108 Å². The van der Waals surface area contributed by atoms with Gasteiger partial charge in [0.1, 0.15) is 0 Å². The second-order valence-corrected chi connectivity index (χ2v) is 3.88. The van der Waals surface area contributed by atoms with Gasteiger partial charge in [0.05, 0.1) is 17.9 Å². The van der Waals surface area contributed by atoms with E-state index in [-0.39, 0.29) is 5.91 Å². The molecule has 18 heavy (non-hydrogen) atoms. The molecule has 1 aromatic rings. The van der Waals surface area contributed by atoms with Crippen molar-refractivity contribution >= 4 is 11.6 Å². The second-order valence-electron chi connectivity index (χ2n) is 3.88. The Hall–Kier alpha value is -1.62. The lowest BCUT2D eigenvalue weighted by Gasteiger charge is -2.18. The summed E-state index contributed by atoms with van der Waals surface area (Å²) < 4.78 is 5.24. The van der Waals surface area contributed by atoms with E-state index in [9.17, 15) is 4.79 Å². The highest BCUT2D eigenvalue weighted by Crippen LogP contribution is 2.15. The number of amides is 1. The second kappa shape index (κ2) is 7.66. The van der Waals surface area contributed by atoms with Gasteiger partial charge in [-0.2, -0.15) is 0 Å². The predicted molar refractivity (Wildman–Crippen MR) is 71.9 cm³/mol. The third kappa shape index (κ3) is 4.00. The van der Waals surface area contributed by atoms with E-state index in [1.165, 1.54) is 0 Å². The minimum atomic E-state index is -0.0428. The molecule has 0 aliphatic rings. The maximum absolute atomic E-state index is 12.2. The molecule has 0 atom stereocenters. The topological polar surface area (TPSA) is 54.5 Å². The Morgan fingerprint density at radius 1 is 1.50 bits per heavy atom. The highest BCUT2D eigenvalue weighted by molar-refractivity contribution is 5.99. The van der Waals surface area contributed by atoms with Crippen LogP contribution in [0.1, 0.15) is 24.2 Å². The van der Waals surface area contributed by atoms with Crippen molar-refractivity contribution < 1.29 is 9.53 Å². The molecule has 1 N–H and O–H groups in total. The number of carbonyl (C=O) groups is 1. The first-order chi connectivity index (χ1) is 8.70. The van der Waals surface area contributed by atoms with Crippen molar-refractivity contribution in [3.63, 3.8) is 0 Å². The summed E-state index contributed by atoms with van der Waals surface area (Å²) in [6.07, 6.45) is 3.27. The van der Waals surface area contributed by atoms with E-state index in [1.807, 2.05) is 19.9 Å². The molecular weight excluding hydrogens is 230 g/mol. The average Bonchev–Trinajstić information content (AvgIpc) is 2.39. The number of ether oxygens (including phenoxy) is 1. The Bertz CT molecular complexity index is 382. The maximum Gasteiger partial charge on any atom is 0.257 e. The molecule has 1 aromatic heterocycles. The van der Waals surface area contributed by atoms with E-state index in [0.717, 1.165) is 12.2 Å². The zero-order valence-corrected chi connectivity index (χ0v) is 11.3. The van der Waals surface area contributed by atoms with Crippen LogP contribution in [0.25, 0.3) is 0 Å². The van der Waals surface area contributed by atoms with Gasteiger partial charge in [0.25, 0.3) is 5.91 Å². The van der Waals surface area contributed by atoms with Crippen molar-refractivity contribution in [2.24, 2.45) is 0 Å². The van der Waals surface area contributed by atoms with Crippen LogP contribution in [0.5, 0.6) is 0 Å². The lowest BCUT2D eigenvalue weighted by atomic mass is 10.2. The van der Waals surface area contributed by atoms with Crippen molar-refractivity contribution in [3.05, 3.63) is 24.0 Å². The fourth-order valence-corrected chi connectivity index (χ4v) is 1.56. The fourth-order valence-electron chi connectivity index (χ4n) is 1.56. The van der Waals surface area contributed by atoms with E-state index in [0.29, 0.717) is 25.3 Å². The summed E-state index contributed by atoms with van der Waals surface area (Å²) in [7, 11) is 1.77. The molecule has 0 saturated carbocycles. The number of likely N-dealkylation sites (N-methyl/N-ethyl adjacent to an activating group) is 1. The molecule has 1 amide bonds. The molecule has 0 spiro atoms. The average molecular weight is 251 g/mol. The van der Waals surface area contributed by atoms with Gasteiger partial charge in [-0.1, -0.05) is 0 Å². The molecule has 0 aliphatic heterocycles. The van der Waals surface area contributed by atoms with E-state index < -0.39 is 0 Å². The Morgan fingerprint density at radius 3 is 2.94 bits per heavy atom. The van der Waals surface area contributed by atoms with Gasteiger partial charge in [0, 0.05) is 39.1 Å². The highest BCUT2D eigenvalue weighted by atomic mass is 16.5. The van der Waals surface area contributed by atoms with Gasteiger partial charge < -0.3 is 15.0 Å². The number of nitrogens with one attached hydrogen (secondary N) is 1. The number of pyridine rings is 1. The third-order valence-corrected chi connectivity index (χ3v) is 2.54. The Balaban J connectivity index is 2.70. The molecule has 1 heterocycles. The number of nitrogens with zero attached hydrogens (tertiary/aromatic N) is 2. The van der Waals surface area contributed by atoms with Crippen molar-refractivity contribution in [1.29, 1.82) is 0 Å². The standard InChI is InChI=1S/C13H21N3O2/c1-4-15-12-6-7-14-10-11(12)13(17)16(3)8-9-18-5-2/h6-7,10H,4-5,8-9H2,1-3H3,(H,14,15). The fraction of sp³-hybridized carbons (Fsp3) is 0.538. The Morgan fingerprint density at radius 2 is 2.28 bits per heavy atom. The molecule has 0 saturated heterocycles. The number of hydrogen-bond donors (Lipinski definition) is 1. The van der Waals surface area contributed by atoms with Crippen molar-refractivity contribution in [2.45, 2.75) is 13.8 Å². The van der Waals surface area contributed by atoms with Gasteiger partial charge in [-0.25, -0.2) is 0 Å². The first-order valence-corrected chi connectivity index (χ1v) is 6.21. The predicted octanol–water partition coefficient (Wildman–Crippen LogP) is 1.62. The van der Waals surface area contributed by atoms with E-state index in [1.54, 1.807) is 24.3 Å². The van der Waals surface area contributed by atoms with Gasteiger partial charge in [-0.3, -0.25) is 9.78 Å². The van der Waals surface area contributed by atoms with Crippen LogP contribution in [0.2, 0.25) is 0 Å². The van der Waals surface area contributed by atoms with Crippen LogP contribution in [0, 0.1) is 0 Å². The van der Waals surface area contributed by atoms with Crippen LogP contribution in [0.15, 0.2) is 18.5 Å². The minimum Gasteiger partial charge on any atom is -0.385 e. The molecule has 1 rings (SSSR count). The molecule has 100 valence electrons. The van der Waals surface area contributed by atoms with Crippen LogP contribution in [-0.2, 0) is 4.74 Å². The van der Waals surface area contributed by atoms with E-state index in [2.05, 4.69) is 10.3 Å². The summed E-state index contributed by atoms with van der Waals surface area (Å²) in [4.78, 5) is 17.9. The van der Waals surface area contributed by atoms with Gasteiger partial charge in [-0.05, 0) is 19.9 Å². The number of rotatable bonds is 7. The van der Waals surface area contributed by atoms with Crippen molar-refractivity contribution in [1.82, 2.24) is 9.88 Å². The largest absolute Gasteiger partial charge is 0.385 e. The van der Waals surface area contributed by atoms with Crippen molar-refractivity contribution in [2.75, 3.05) is 38.7 Å². The van der Waals surface area contributed by atoms with Crippen LogP contribution in [0.4, 0.5) is 5.69 Å². The molecule has 0 unspecified atom stereocenters. The SMILES string of the molecule is CCNc1ccncc1C(=O)N(C)CCOCC.